The number of ether oxygens (including phenoxy) is 1. The molecule has 1 unspecified atom stereocenters. The molecular weight excluding hydrogens is 254 g/mol. The van der Waals surface area contributed by atoms with Crippen LogP contribution in [-0.4, -0.2) is 42.7 Å². The number of likely N-dealkylation sites (tertiary alicyclic amines) is 1. The molecule has 0 amide bonds. The van der Waals surface area contributed by atoms with Crippen molar-refractivity contribution in [3.63, 3.8) is 0 Å². The second-order valence-corrected chi connectivity index (χ2v) is 5.38. The molecule has 0 aromatic heterocycles. The molecule has 110 valence electrons. The van der Waals surface area contributed by atoms with Gasteiger partial charge < -0.3 is 15.7 Å². The summed E-state index contributed by atoms with van der Waals surface area (Å²) >= 11 is 0. The van der Waals surface area contributed by atoms with Gasteiger partial charge in [0, 0.05) is 25.8 Å². The van der Waals surface area contributed by atoms with Gasteiger partial charge in [-0.05, 0) is 36.9 Å². The topological polar surface area (TPSA) is 71.1 Å². The zero-order valence-corrected chi connectivity index (χ0v) is 12.0. The lowest BCUT2D eigenvalue weighted by atomic mass is 9.98. The van der Waals surface area contributed by atoms with E-state index in [1.54, 1.807) is 7.11 Å². The molecular formula is C15H23N3O2. The quantitative estimate of drug-likeness (QED) is 0.371. The maximum atomic E-state index is 8.73. The monoisotopic (exact) mass is 277 g/mol. The van der Waals surface area contributed by atoms with Gasteiger partial charge in [0.15, 0.2) is 5.84 Å². The van der Waals surface area contributed by atoms with Crippen molar-refractivity contribution in [1.29, 1.82) is 0 Å². The van der Waals surface area contributed by atoms with E-state index < -0.39 is 0 Å². The molecule has 2 rings (SSSR count). The Kier molecular flexibility index (Phi) is 5.38. The molecule has 0 radical (unpaired) electrons. The SMILES string of the molecule is COCC1CCCN(Cc2cccc(/C(N)=N/O)c2)C1. The first-order valence-corrected chi connectivity index (χ1v) is 7.01. The van der Waals surface area contributed by atoms with Crippen molar-refractivity contribution in [2.75, 3.05) is 26.8 Å². The minimum Gasteiger partial charge on any atom is -0.409 e. The molecule has 0 bridgehead atoms. The number of piperidine rings is 1. The summed E-state index contributed by atoms with van der Waals surface area (Å²) in [5.74, 6) is 0.781. The maximum Gasteiger partial charge on any atom is 0.170 e. The summed E-state index contributed by atoms with van der Waals surface area (Å²) in [5, 5.41) is 11.8. The van der Waals surface area contributed by atoms with Gasteiger partial charge in [-0.3, -0.25) is 4.90 Å². The highest BCUT2D eigenvalue weighted by atomic mass is 16.5. The predicted molar refractivity (Wildman–Crippen MR) is 78.8 cm³/mol. The maximum absolute atomic E-state index is 8.73. The van der Waals surface area contributed by atoms with Crippen molar-refractivity contribution in [3.8, 4) is 0 Å². The number of hydrogen-bond donors (Lipinski definition) is 2. The van der Waals surface area contributed by atoms with Crippen LogP contribution >= 0.6 is 0 Å². The lowest BCUT2D eigenvalue weighted by Crippen LogP contribution is -2.36. The minimum atomic E-state index is 0.155. The zero-order valence-electron chi connectivity index (χ0n) is 12.0. The molecule has 0 spiro atoms. The van der Waals surface area contributed by atoms with Gasteiger partial charge in [-0.1, -0.05) is 23.4 Å². The average molecular weight is 277 g/mol. The largest absolute Gasteiger partial charge is 0.409 e. The first-order chi connectivity index (χ1) is 9.72. The van der Waals surface area contributed by atoms with Crippen LogP contribution in [0.1, 0.15) is 24.0 Å². The molecule has 1 aliphatic rings. The molecule has 1 saturated heterocycles. The summed E-state index contributed by atoms with van der Waals surface area (Å²) < 4.78 is 5.26. The summed E-state index contributed by atoms with van der Waals surface area (Å²) in [4.78, 5) is 2.44. The zero-order chi connectivity index (χ0) is 14.4. The molecule has 5 heteroatoms. The van der Waals surface area contributed by atoms with Crippen LogP contribution < -0.4 is 5.73 Å². The molecule has 0 saturated carbocycles. The third-order valence-corrected chi connectivity index (χ3v) is 3.74. The van der Waals surface area contributed by atoms with Gasteiger partial charge in [0.25, 0.3) is 0 Å². The van der Waals surface area contributed by atoms with E-state index in [9.17, 15) is 0 Å². The predicted octanol–water partition coefficient (Wildman–Crippen LogP) is 1.64. The molecule has 1 atom stereocenters. The van der Waals surface area contributed by atoms with E-state index in [0.717, 1.165) is 31.8 Å². The smallest absolute Gasteiger partial charge is 0.170 e. The molecule has 1 heterocycles. The fourth-order valence-electron chi connectivity index (χ4n) is 2.81. The fraction of sp³-hybridized carbons (Fsp3) is 0.533. The highest BCUT2D eigenvalue weighted by Gasteiger charge is 2.19. The summed E-state index contributed by atoms with van der Waals surface area (Å²) in [6.07, 6.45) is 2.46. The van der Waals surface area contributed by atoms with Crippen molar-refractivity contribution in [2.45, 2.75) is 19.4 Å². The highest BCUT2D eigenvalue weighted by molar-refractivity contribution is 5.97. The van der Waals surface area contributed by atoms with E-state index in [1.165, 1.54) is 18.4 Å². The Morgan fingerprint density at radius 2 is 2.40 bits per heavy atom. The van der Waals surface area contributed by atoms with Crippen molar-refractivity contribution >= 4 is 5.84 Å². The Labute approximate surface area is 120 Å². The van der Waals surface area contributed by atoms with Crippen LogP contribution in [0.4, 0.5) is 0 Å². The second kappa shape index (κ2) is 7.26. The fourth-order valence-corrected chi connectivity index (χ4v) is 2.81. The van der Waals surface area contributed by atoms with Crippen LogP contribution in [0.2, 0.25) is 0 Å². The number of nitrogens with zero attached hydrogens (tertiary/aromatic N) is 2. The van der Waals surface area contributed by atoms with Crippen molar-refractivity contribution in [2.24, 2.45) is 16.8 Å². The van der Waals surface area contributed by atoms with Gasteiger partial charge in [-0.15, -0.1) is 0 Å². The van der Waals surface area contributed by atoms with Crippen molar-refractivity contribution < 1.29 is 9.94 Å². The number of nitrogens with two attached hydrogens (primary N) is 1. The summed E-state index contributed by atoms with van der Waals surface area (Å²) in [6, 6.07) is 7.85. The first kappa shape index (κ1) is 14.8. The van der Waals surface area contributed by atoms with Gasteiger partial charge in [0.1, 0.15) is 0 Å². The normalized spacial score (nSPS) is 21.1. The minimum absolute atomic E-state index is 0.155. The molecule has 1 aliphatic heterocycles. The Balaban J connectivity index is 1.99. The number of oxime groups is 1. The van der Waals surface area contributed by atoms with Crippen LogP contribution in [0, 0.1) is 5.92 Å². The van der Waals surface area contributed by atoms with E-state index in [1.807, 2.05) is 18.2 Å². The summed E-state index contributed by atoms with van der Waals surface area (Å²) in [6.45, 7) is 3.92. The lowest BCUT2D eigenvalue weighted by Gasteiger charge is -2.32. The molecule has 3 N–H and O–H groups in total. The molecule has 1 aromatic rings. The summed E-state index contributed by atoms with van der Waals surface area (Å²) in [5.41, 5.74) is 7.57. The number of hydrogen-bond acceptors (Lipinski definition) is 4. The molecule has 0 aliphatic carbocycles. The second-order valence-electron chi connectivity index (χ2n) is 5.38. The third kappa shape index (κ3) is 3.95. The van der Waals surface area contributed by atoms with Gasteiger partial charge in [0.05, 0.1) is 6.61 Å². The Hall–Kier alpha value is -1.59. The lowest BCUT2D eigenvalue weighted by molar-refractivity contribution is 0.0874. The summed E-state index contributed by atoms with van der Waals surface area (Å²) in [7, 11) is 1.76. The van der Waals surface area contributed by atoms with Gasteiger partial charge in [-0.25, -0.2) is 0 Å². The average Bonchev–Trinajstić information content (AvgIpc) is 2.47. The van der Waals surface area contributed by atoms with Gasteiger partial charge in [-0.2, -0.15) is 0 Å². The molecule has 1 fully saturated rings. The number of benzene rings is 1. The van der Waals surface area contributed by atoms with Crippen LogP contribution in [-0.2, 0) is 11.3 Å². The van der Waals surface area contributed by atoms with E-state index in [4.69, 9.17) is 15.7 Å². The van der Waals surface area contributed by atoms with E-state index in [-0.39, 0.29) is 5.84 Å². The highest BCUT2D eigenvalue weighted by Crippen LogP contribution is 2.19. The third-order valence-electron chi connectivity index (χ3n) is 3.74. The molecule has 20 heavy (non-hydrogen) atoms. The Bertz CT molecular complexity index is 460. The van der Waals surface area contributed by atoms with Gasteiger partial charge >= 0.3 is 0 Å². The first-order valence-electron chi connectivity index (χ1n) is 7.01. The molecule has 5 nitrogen and oxygen atoms in total. The van der Waals surface area contributed by atoms with Crippen molar-refractivity contribution in [1.82, 2.24) is 4.90 Å². The number of rotatable bonds is 5. The number of methoxy groups -OCH3 is 1. The van der Waals surface area contributed by atoms with Crippen LogP contribution in [0.3, 0.4) is 0 Å². The Morgan fingerprint density at radius 3 is 3.15 bits per heavy atom. The molecule has 1 aromatic carbocycles. The van der Waals surface area contributed by atoms with Crippen LogP contribution in [0.15, 0.2) is 29.4 Å². The van der Waals surface area contributed by atoms with Gasteiger partial charge in [0.2, 0.25) is 0 Å². The number of amidine groups is 1. The standard InChI is InChI=1S/C15H23N3O2/c1-20-11-13-5-3-7-18(10-13)9-12-4-2-6-14(8-12)15(16)17-19/h2,4,6,8,13,19H,3,5,7,9-11H2,1H3,(H2,16,17). The van der Waals surface area contributed by atoms with Crippen molar-refractivity contribution in [3.05, 3.63) is 35.4 Å². The Morgan fingerprint density at radius 1 is 1.55 bits per heavy atom. The van der Waals surface area contributed by atoms with E-state index in [0.29, 0.717) is 5.92 Å². The van der Waals surface area contributed by atoms with Crippen LogP contribution in [0.25, 0.3) is 0 Å². The van der Waals surface area contributed by atoms with E-state index in [2.05, 4.69) is 16.1 Å². The van der Waals surface area contributed by atoms with E-state index >= 15 is 0 Å². The van der Waals surface area contributed by atoms with Crippen LogP contribution in [0.5, 0.6) is 0 Å².